The minimum atomic E-state index is -0.964. The van der Waals surface area contributed by atoms with E-state index in [1.165, 1.54) is 26.3 Å². The summed E-state index contributed by atoms with van der Waals surface area (Å²) < 4.78 is 28.7. The molecule has 1 N–H and O–H groups in total. The molecular weight excluding hydrogens is 516 g/mol. The Balaban J connectivity index is 1.81. The van der Waals surface area contributed by atoms with E-state index in [-0.39, 0.29) is 23.3 Å². The maximum atomic E-state index is 13.2. The molecule has 0 aliphatic carbocycles. The number of benzene rings is 1. The molecule has 4 atom stereocenters. The molecule has 0 spiro atoms. The number of hydrogen-bond donors (Lipinski definition) is 1. The lowest BCUT2D eigenvalue weighted by molar-refractivity contribution is -0.159. The Morgan fingerprint density at radius 3 is 2.50 bits per heavy atom. The molecule has 1 amide bonds. The van der Waals surface area contributed by atoms with E-state index in [1.807, 2.05) is 38.1 Å². The Labute approximate surface area is 235 Å². The van der Waals surface area contributed by atoms with Crippen LogP contribution in [0.1, 0.15) is 69.4 Å². The van der Waals surface area contributed by atoms with Crippen LogP contribution in [-0.4, -0.2) is 60.9 Å². The summed E-state index contributed by atoms with van der Waals surface area (Å²) in [6, 6.07) is 8.06. The second kappa shape index (κ2) is 14.5. The first kappa shape index (κ1) is 30.6. The van der Waals surface area contributed by atoms with Crippen molar-refractivity contribution in [3.63, 3.8) is 0 Å². The lowest BCUT2D eigenvalue weighted by Gasteiger charge is -2.31. The van der Waals surface area contributed by atoms with Crippen LogP contribution in [0.25, 0.3) is 5.57 Å². The van der Waals surface area contributed by atoms with Gasteiger partial charge in [0.1, 0.15) is 17.9 Å². The second-order valence-electron chi connectivity index (χ2n) is 9.68. The van der Waals surface area contributed by atoms with Crippen molar-refractivity contribution in [2.45, 2.75) is 77.7 Å². The molecule has 10 nitrogen and oxygen atoms in total. The number of pyridine rings is 1. The number of rotatable bonds is 10. The average Bonchev–Trinajstić information content (AvgIpc) is 2.97. The molecule has 1 aromatic carbocycles. The molecule has 40 heavy (non-hydrogen) atoms. The van der Waals surface area contributed by atoms with Crippen molar-refractivity contribution in [2.24, 2.45) is 0 Å². The number of nitrogens with zero attached hydrogens (tertiary/aromatic N) is 1. The Morgan fingerprint density at radius 2 is 1.88 bits per heavy atom. The highest BCUT2D eigenvalue weighted by Crippen LogP contribution is 2.30. The summed E-state index contributed by atoms with van der Waals surface area (Å²) in [5, 5.41) is 2.69. The zero-order valence-electron chi connectivity index (χ0n) is 23.7. The number of hydrogen-bond acceptors (Lipinski definition) is 9. The number of carbonyl (C=O) groups excluding carboxylic acids is 3. The number of carbonyl (C=O) groups is 3. The van der Waals surface area contributed by atoms with Gasteiger partial charge in [0.25, 0.3) is 5.91 Å². The van der Waals surface area contributed by atoms with Crippen molar-refractivity contribution >= 4 is 23.4 Å². The van der Waals surface area contributed by atoms with Crippen LogP contribution in [0.5, 0.6) is 17.2 Å². The van der Waals surface area contributed by atoms with Crippen LogP contribution in [-0.2, 0) is 19.1 Å². The first-order chi connectivity index (χ1) is 19.1. The fourth-order valence-electron chi connectivity index (χ4n) is 4.39. The van der Waals surface area contributed by atoms with Crippen LogP contribution in [0.2, 0.25) is 0 Å². The Bertz CT molecular complexity index is 1200. The van der Waals surface area contributed by atoms with Gasteiger partial charge in [0.2, 0.25) is 5.75 Å². The summed E-state index contributed by atoms with van der Waals surface area (Å²) in [6.07, 6.45) is 2.02. The minimum absolute atomic E-state index is 0.126. The smallest absolute Gasteiger partial charge is 0.329 e. The first-order valence-electron chi connectivity index (χ1n) is 13.4. The van der Waals surface area contributed by atoms with Crippen LogP contribution in [0, 0.1) is 0 Å². The van der Waals surface area contributed by atoms with Gasteiger partial charge in [0.05, 0.1) is 13.2 Å². The average molecular weight is 555 g/mol. The van der Waals surface area contributed by atoms with E-state index in [1.54, 1.807) is 6.92 Å². The molecule has 3 rings (SSSR count). The van der Waals surface area contributed by atoms with E-state index in [2.05, 4.69) is 16.9 Å². The molecule has 1 aliphatic heterocycles. The molecule has 1 aromatic heterocycles. The molecule has 216 valence electrons. The van der Waals surface area contributed by atoms with Gasteiger partial charge in [-0.05, 0) is 57.2 Å². The summed E-state index contributed by atoms with van der Waals surface area (Å²) in [5.74, 6) is -1.30. The maximum Gasteiger partial charge on any atom is 0.329 e. The van der Waals surface area contributed by atoms with Gasteiger partial charge in [-0.2, -0.15) is 0 Å². The van der Waals surface area contributed by atoms with Crippen LogP contribution in [0.15, 0.2) is 43.1 Å². The molecule has 10 heteroatoms. The van der Waals surface area contributed by atoms with E-state index < -0.39 is 36.1 Å². The summed E-state index contributed by atoms with van der Waals surface area (Å²) in [7, 11) is 1.38. The first-order valence-corrected chi connectivity index (χ1v) is 13.4. The van der Waals surface area contributed by atoms with Crippen molar-refractivity contribution in [1.29, 1.82) is 0 Å². The fraction of sp³-hybridized carbons (Fsp3) is 0.467. The number of esters is 2. The van der Waals surface area contributed by atoms with Crippen LogP contribution >= 0.6 is 0 Å². The van der Waals surface area contributed by atoms with Crippen LogP contribution < -0.4 is 19.5 Å². The van der Waals surface area contributed by atoms with E-state index in [0.717, 1.165) is 17.6 Å². The SMILES string of the molecule is C=C(C)c1ccc(O[C@H]2[C@H](C)OC(=O)[C@@H](NC(=O)c3nccc(OC)c3OC(C)=O)CCC[C@@H]2OCCC)cc1. The number of nitrogens with one attached hydrogen (secondary N) is 1. The summed E-state index contributed by atoms with van der Waals surface area (Å²) >= 11 is 0. The van der Waals surface area contributed by atoms with Crippen LogP contribution in [0.4, 0.5) is 0 Å². The van der Waals surface area contributed by atoms with Crippen molar-refractivity contribution in [2.75, 3.05) is 13.7 Å². The predicted molar refractivity (Wildman–Crippen MR) is 148 cm³/mol. The zero-order valence-corrected chi connectivity index (χ0v) is 23.7. The zero-order chi connectivity index (χ0) is 29.2. The number of cyclic esters (lactones) is 1. The third kappa shape index (κ3) is 8.05. The predicted octanol–water partition coefficient (Wildman–Crippen LogP) is 4.51. The molecule has 1 saturated heterocycles. The van der Waals surface area contributed by atoms with E-state index >= 15 is 0 Å². The third-order valence-corrected chi connectivity index (χ3v) is 6.41. The fourth-order valence-corrected chi connectivity index (χ4v) is 4.39. The maximum absolute atomic E-state index is 13.2. The Hall–Kier alpha value is -3.92. The van der Waals surface area contributed by atoms with Crippen molar-refractivity contribution in [3.8, 4) is 17.2 Å². The molecule has 0 unspecified atom stereocenters. The molecule has 0 bridgehead atoms. The highest BCUT2D eigenvalue weighted by Gasteiger charge is 2.37. The van der Waals surface area contributed by atoms with E-state index in [0.29, 0.717) is 31.6 Å². The Kier molecular flexibility index (Phi) is 11.1. The number of ether oxygens (including phenoxy) is 5. The van der Waals surface area contributed by atoms with E-state index in [4.69, 9.17) is 23.7 Å². The number of methoxy groups -OCH3 is 1. The van der Waals surface area contributed by atoms with Gasteiger partial charge in [0.15, 0.2) is 17.5 Å². The van der Waals surface area contributed by atoms with Crippen molar-refractivity contribution in [3.05, 3.63) is 54.4 Å². The molecule has 1 fully saturated rings. The van der Waals surface area contributed by atoms with Crippen molar-refractivity contribution < 1.29 is 38.1 Å². The quantitative estimate of drug-likeness (QED) is 0.423. The summed E-state index contributed by atoms with van der Waals surface area (Å²) in [4.78, 5) is 42.1. The van der Waals surface area contributed by atoms with Gasteiger partial charge in [-0.3, -0.25) is 9.59 Å². The third-order valence-electron chi connectivity index (χ3n) is 6.41. The molecule has 2 aromatic rings. The summed E-state index contributed by atoms with van der Waals surface area (Å²) in [6.45, 7) is 11.4. The number of amides is 1. The van der Waals surface area contributed by atoms with Gasteiger partial charge in [-0.25, -0.2) is 9.78 Å². The lowest BCUT2D eigenvalue weighted by Crippen LogP contribution is -2.46. The molecule has 0 saturated carbocycles. The molecule has 2 heterocycles. The lowest BCUT2D eigenvalue weighted by atomic mass is 10.0. The minimum Gasteiger partial charge on any atom is -0.493 e. The Morgan fingerprint density at radius 1 is 1.15 bits per heavy atom. The van der Waals surface area contributed by atoms with E-state index in [9.17, 15) is 14.4 Å². The van der Waals surface area contributed by atoms with Crippen molar-refractivity contribution in [1.82, 2.24) is 10.3 Å². The molecule has 1 aliphatic rings. The van der Waals surface area contributed by atoms with Gasteiger partial charge >= 0.3 is 11.9 Å². The molecule has 0 radical (unpaired) electrons. The van der Waals surface area contributed by atoms with Gasteiger partial charge in [-0.1, -0.05) is 31.2 Å². The highest BCUT2D eigenvalue weighted by molar-refractivity contribution is 5.98. The largest absolute Gasteiger partial charge is 0.493 e. The monoisotopic (exact) mass is 554 g/mol. The summed E-state index contributed by atoms with van der Waals surface area (Å²) in [5.41, 5.74) is 1.76. The van der Waals surface area contributed by atoms with Gasteiger partial charge in [0, 0.05) is 25.8 Å². The number of allylic oxidation sites excluding steroid dienone is 1. The second-order valence-corrected chi connectivity index (χ2v) is 9.68. The normalized spacial score (nSPS) is 21.2. The van der Waals surface area contributed by atoms with Gasteiger partial charge < -0.3 is 29.0 Å². The van der Waals surface area contributed by atoms with Crippen LogP contribution in [0.3, 0.4) is 0 Å². The standard InChI is InChI=1S/C30H38N2O8/c1-7-17-37-25-10-8-9-23(32-29(34)26-28(39-20(5)33)24(36-6)15-16-31-26)30(35)38-19(4)27(25)40-22-13-11-21(12-14-22)18(2)3/h11-16,19,23,25,27H,2,7-10,17H2,1,3-6H3,(H,32,34)/t19-,23-,25-,27-/m0/s1. The molecular formula is C30H38N2O8. The topological polar surface area (TPSA) is 122 Å². The van der Waals surface area contributed by atoms with Gasteiger partial charge in [-0.15, -0.1) is 0 Å². The number of aromatic nitrogens is 1. The highest BCUT2D eigenvalue weighted by atomic mass is 16.6.